The molecule has 0 bridgehead atoms. The fourth-order valence-electron chi connectivity index (χ4n) is 9.14. The van der Waals surface area contributed by atoms with Crippen molar-refractivity contribution < 1.29 is 0 Å². The number of benzene rings is 7. The fraction of sp³-hybridized carbons (Fsp3) is 0.118. The maximum atomic E-state index is 9.80. The molecule has 8 aromatic rings. The van der Waals surface area contributed by atoms with Crippen molar-refractivity contribution in [3.05, 3.63) is 180 Å². The van der Waals surface area contributed by atoms with Gasteiger partial charge in [0.05, 0.1) is 23.0 Å². The SMILES string of the molecule is N#Cc1ccc2c(c1)C1(CCCCC1)c1cc(-c3ccc(-c4cccc(-c5cc(-c6ccccc6)nc(-c6ccccc6)n5)c4)c4ccccc34)ccc1-2. The van der Waals surface area contributed by atoms with Crippen molar-refractivity contribution in [1.82, 2.24) is 9.97 Å². The number of hydrogen-bond donors (Lipinski definition) is 0. The summed E-state index contributed by atoms with van der Waals surface area (Å²) in [4.78, 5) is 10.1. The molecule has 0 saturated heterocycles. The van der Waals surface area contributed by atoms with Crippen LogP contribution in [0.3, 0.4) is 0 Å². The first-order chi connectivity index (χ1) is 26.7. The van der Waals surface area contributed by atoms with E-state index in [-0.39, 0.29) is 5.41 Å². The quantitative estimate of drug-likeness (QED) is 0.180. The van der Waals surface area contributed by atoms with Crippen LogP contribution in [-0.2, 0) is 5.41 Å². The highest BCUT2D eigenvalue weighted by molar-refractivity contribution is 6.05. The Hall–Kier alpha value is -6.63. The summed E-state index contributed by atoms with van der Waals surface area (Å²) in [6, 6.07) is 60.7. The molecule has 1 aromatic heterocycles. The highest BCUT2D eigenvalue weighted by Crippen LogP contribution is 2.56. The van der Waals surface area contributed by atoms with Gasteiger partial charge in [-0.1, -0.05) is 153 Å². The second-order valence-corrected chi connectivity index (χ2v) is 14.8. The first-order valence-electron chi connectivity index (χ1n) is 19.0. The summed E-state index contributed by atoms with van der Waals surface area (Å²) < 4.78 is 0. The first-order valence-corrected chi connectivity index (χ1v) is 19.0. The second kappa shape index (κ2) is 13.1. The smallest absolute Gasteiger partial charge is 0.160 e. The molecule has 10 rings (SSSR count). The molecule has 3 heteroatoms. The Morgan fingerprint density at radius 2 is 0.963 bits per heavy atom. The fourth-order valence-corrected chi connectivity index (χ4v) is 9.14. The van der Waals surface area contributed by atoms with Gasteiger partial charge in [-0.25, -0.2) is 9.97 Å². The van der Waals surface area contributed by atoms with Crippen LogP contribution < -0.4 is 0 Å². The van der Waals surface area contributed by atoms with Gasteiger partial charge in [-0.2, -0.15) is 5.26 Å². The lowest BCUT2D eigenvalue weighted by atomic mass is 9.67. The van der Waals surface area contributed by atoms with Crippen LogP contribution >= 0.6 is 0 Å². The lowest BCUT2D eigenvalue weighted by Crippen LogP contribution is -2.28. The summed E-state index contributed by atoms with van der Waals surface area (Å²) >= 11 is 0. The summed E-state index contributed by atoms with van der Waals surface area (Å²) in [5.74, 6) is 0.713. The normalized spacial score (nSPS) is 14.1. The zero-order chi connectivity index (χ0) is 36.1. The van der Waals surface area contributed by atoms with Crippen LogP contribution in [-0.4, -0.2) is 9.97 Å². The van der Waals surface area contributed by atoms with Gasteiger partial charge < -0.3 is 0 Å². The molecule has 0 aliphatic heterocycles. The standard InChI is InChI=1S/C51H37N3/c52-33-34-21-23-44-45-24-22-38(31-47(45)51(46(44)29-34)27-10-3-11-28-51)41-26-25-40(42-19-8-9-20-43(41)42)37-17-12-18-39(30-37)49-32-48(35-13-4-1-5-14-35)53-50(54-49)36-15-6-2-7-16-36/h1-2,4-9,12-26,29-32H,3,10-11,27-28H2. The Kier molecular flexibility index (Phi) is 7.77. The monoisotopic (exact) mass is 691 g/mol. The Labute approximate surface area is 316 Å². The van der Waals surface area contributed by atoms with Crippen LogP contribution in [0.5, 0.6) is 0 Å². The van der Waals surface area contributed by atoms with Crippen molar-refractivity contribution >= 4 is 10.8 Å². The molecule has 1 heterocycles. The van der Waals surface area contributed by atoms with Gasteiger partial charge in [0.25, 0.3) is 0 Å². The van der Waals surface area contributed by atoms with Crippen molar-refractivity contribution in [2.75, 3.05) is 0 Å². The number of aromatic nitrogens is 2. The lowest BCUT2D eigenvalue weighted by Gasteiger charge is -2.36. The van der Waals surface area contributed by atoms with Crippen molar-refractivity contribution in [2.45, 2.75) is 37.5 Å². The maximum absolute atomic E-state index is 9.80. The molecule has 0 atom stereocenters. The molecular weight excluding hydrogens is 655 g/mol. The van der Waals surface area contributed by atoms with E-state index in [0.29, 0.717) is 5.82 Å². The molecule has 1 spiro atoms. The number of nitrogens with zero attached hydrogens (tertiary/aromatic N) is 3. The van der Waals surface area contributed by atoms with Gasteiger partial charge in [-0.3, -0.25) is 0 Å². The van der Waals surface area contributed by atoms with Crippen LogP contribution in [0.2, 0.25) is 0 Å². The predicted molar refractivity (Wildman–Crippen MR) is 221 cm³/mol. The molecule has 7 aromatic carbocycles. The van der Waals surface area contributed by atoms with Crippen LogP contribution in [0.25, 0.3) is 78.1 Å². The molecule has 54 heavy (non-hydrogen) atoms. The van der Waals surface area contributed by atoms with Crippen LogP contribution in [0.15, 0.2) is 164 Å². The van der Waals surface area contributed by atoms with E-state index in [2.05, 4.69) is 140 Å². The number of hydrogen-bond acceptors (Lipinski definition) is 3. The molecule has 0 radical (unpaired) electrons. The summed E-state index contributed by atoms with van der Waals surface area (Å²) in [7, 11) is 0. The number of nitriles is 1. The van der Waals surface area contributed by atoms with E-state index < -0.39 is 0 Å². The van der Waals surface area contributed by atoms with Crippen molar-refractivity contribution in [3.8, 4) is 73.4 Å². The minimum atomic E-state index is -0.0241. The van der Waals surface area contributed by atoms with E-state index in [1.54, 1.807) is 0 Å². The largest absolute Gasteiger partial charge is 0.228 e. The molecule has 0 unspecified atom stereocenters. The molecular formula is C51H37N3. The van der Waals surface area contributed by atoms with Gasteiger partial charge in [0, 0.05) is 22.1 Å². The highest BCUT2D eigenvalue weighted by Gasteiger charge is 2.44. The van der Waals surface area contributed by atoms with Crippen molar-refractivity contribution in [1.29, 1.82) is 5.26 Å². The first kappa shape index (κ1) is 32.1. The summed E-state index contributed by atoms with van der Waals surface area (Å²) in [6.07, 6.45) is 5.97. The molecule has 0 amide bonds. The molecule has 1 fully saturated rings. The Morgan fingerprint density at radius 3 is 1.65 bits per heavy atom. The summed E-state index contributed by atoms with van der Waals surface area (Å²) in [5, 5.41) is 12.3. The third-order valence-corrected chi connectivity index (χ3v) is 11.7. The van der Waals surface area contributed by atoms with Crippen LogP contribution in [0.1, 0.15) is 48.8 Å². The number of rotatable bonds is 5. The topological polar surface area (TPSA) is 49.6 Å². The lowest BCUT2D eigenvalue weighted by molar-refractivity contribution is 0.353. The van der Waals surface area contributed by atoms with E-state index in [1.165, 1.54) is 69.0 Å². The minimum Gasteiger partial charge on any atom is -0.228 e. The maximum Gasteiger partial charge on any atom is 0.160 e. The average Bonchev–Trinajstić information content (AvgIpc) is 3.51. The van der Waals surface area contributed by atoms with E-state index >= 15 is 0 Å². The van der Waals surface area contributed by atoms with Crippen molar-refractivity contribution in [2.24, 2.45) is 0 Å². The number of fused-ring (bicyclic) bond motifs is 6. The average molecular weight is 692 g/mol. The third kappa shape index (κ3) is 5.34. The van der Waals surface area contributed by atoms with Gasteiger partial charge in [-0.15, -0.1) is 0 Å². The van der Waals surface area contributed by atoms with Crippen molar-refractivity contribution in [3.63, 3.8) is 0 Å². The van der Waals surface area contributed by atoms with Gasteiger partial charge in [0.1, 0.15) is 0 Å². The molecule has 2 aliphatic carbocycles. The van der Waals surface area contributed by atoms with E-state index in [1.807, 2.05) is 30.3 Å². The third-order valence-electron chi connectivity index (χ3n) is 11.7. The molecule has 256 valence electrons. The zero-order valence-electron chi connectivity index (χ0n) is 30.0. The zero-order valence-corrected chi connectivity index (χ0v) is 30.0. The summed E-state index contributed by atoms with van der Waals surface area (Å²) in [6.45, 7) is 0. The van der Waals surface area contributed by atoms with Gasteiger partial charge >= 0.3 is 0 Å². The van der Waals surface area contributed by atoms with Gasteiger partial charge in [-0.05, 0) is 98.5 Å². The molecule has 1 saturated carbocycles. The van der Waals surface area contributed by atoms with E-state index in [0.717, 1.165) is 52.0 Å². The Morgan fingerprint density at radius 1 is 0.426 bits per heavy atom. The Balaban J connectivity index is 1.08. The van der Waals surface area contributed by atoms with Gasteiger partial charge in [0.2, 0.25) is 0 Å². The Bertz CT molecular complexity index is 2690. The predicted octanol–water partition coefficient (Wildman–Crippen LogP) is 13.1. The highest BCUT2D eigenvalue weighted by atomic mass is 14.9. The molecule has 0 N–H and O–H groups in total. The minimum absolute atomic E-state index is 0.0241. The summed E-state index contributed by atoms with van der Waals surface area (Å²) in [5.41, 5.74) is 15.9. The van der Waals surface area contributed by atoms with E-state index in [9.17, 15) is 5.26 Å². The second-order valence-electron chi connectivity index (χ2n) is 14.8. The molecule has 2 aliphatic rings. The van der Waals surface area contributed by atoms with Crippen LogP contribution in [0.4, 0.5) is 0 Å². The molecule has 3 nitrogen and oxygen atoms in total. The van der Waals surface area contributed by atoms with E-state index in [4.69, 9.17) is 9.97 Å². The van der Waals surface area contributed by atoms with Crippen LogP contribution in [0, 0.1) is 11.3 Å². The van der Waals surface area contributed by atoms with Gasteiger partial charge in [0.15, 0.2) is 5.82 Å².